The fourth-order valence-electron chi connectivity index (χ4n) is 4.55. The molecule has 0 radical (unpaired) electrons. The normalized spacial score (nSPS) is 8.28. The van der Waals surface area contributed by atoms with E-state index < -0.39 is 47.8 Å². The second-order valence-electron chi connectivity index (χ2n) is 12.0. The number of fused-ring (bicyclic) bond motifs is 4. The molecule has 0 fully saturated rings. The molecule has 0 aliphatic heterocycles. The Labute approximate surface area is 422 Å². The van der Waals surface area contributed by atoms with Gasteiger partial charge in [0.15, 0.2) is 44.1 Å². The first kappa shape index (κ1) is 80.2. The molecule has 0 aliphatic carbocycles. The number of hydrogen-bond acceptors (Lipinski definition) is 16. The van der Waals surface area contributed by atoms with Gasteiger partial charge in [0.05, 0.1) is 47.8 Å². The fourth-order valence-corrected chi connectivity index (χ4v) is 4.55. The van der Waals surface area contributed by atoms with Gasteiger partial charge in [-0.05, 0) is 48.5 Å². The molecular weight excluding hydrogens is 1050 g/mol. The summed E-state index contributed by atoms with van der Waals surface area (Å²) in [5.74, 6) is -13.1. The van der Waals surface area contributed by atoms with E-state index in [0.29, 0.717) is 0 Å². The van der Waals surface area contributed by atoms with Crippen molar-refractivity contribution in [2.75, 3.05) is 0 Å². The number of aliphatic carboxylic acids is 8. The number of benzene rings is 4. The summed E-state index contributed by atoms with van der Waals surface area (Å²) < 4.78 is 0. The Morgan fingerprint density at radius 2 is 0.417 bits per heavy atom. The summed E-state index contributed by atoms with van der Waals surface area (Å²) in [5.41, 5.74) is 9.33. The minimum Gasteiger partial charge on any atom is -0.543 e. The van der Waals surface area contributed by atoms with Gasteiger partial charge in [0.25, 0.3) is 0 Å². The molecule has 392 valence electrons. The summed E-state index contributed by atoms with van der Waals surface area (Å²) in [6.07, 6.45) is 0. The van der Waals surface area contributed by atoms with E-state index in [4.69, 9.17) is 79.2 Å². The number of nitrogens with one attached hydrogen (secondary N) is 8. The number of rotatable bonds is 0. The molecule has 0 amide bonds. The van der Waals surface area contributed by atoms with Crippen molar-refractivity contribution < 1.29 is 164 Å². The Bertz CT molecular complexity index is 2300. The number of para-hydroxylation sites is 8. The molecule has 8 aromatic rings. The molecule has 0 unspecified atom stereocenters. The van der Waals surface area contributed by atoms with E-state index in [1.165, 1.54) is 44.1 Å². The van der Waals surface area contributed by atoms with Crippen LogP contribution in [0.25, 0.3) is 44.1 Å². The molecular formula is C40H50N8O23Zr. The average Bonchev–Trinajstić information content (AvgIpc) is 4.01. The number of imidazole rings is 4. The molecule has 22 N–H and O–H groups in total. The van der Waals surface area contributed by atoms with Gasteiger partial charge in [-0.15, -0.1) is 0 Å². The van der Waals surface area contributed by atoms with E-state index in [2.05, 4.69) is 88.4 Å². The predicted octanol–water partition coefficient (Wildman–Crippen LogP) is -14.7. The van der Waals surface area contributed by atoms with Gasteiger partial charge in [-0.1, -0.05) is 48.5 Å². The van der Waals surface area contributed by atoms with Crippen molar-refractivity contribution in [1.29, 1.82) is 0 Å². The molecule has 8 rings (SSSR count). The number of carboxylic acids is 8. The third kappa shape index (κ3) is 32.0. The van der Waals surface area contributed by atoms with E-state index in [-0.39, 0.29) is 64.5 Å². The van der Waals surface area contributed by atoms with E-state index in [0.717, 1.165) is 23.3 Å². The maximum Gasteiger partial charge on any atom is 4.00 e. The molecule has 4 aromatic heterocycles. The van der Waals surface area contributed by atoms with E-state index in [1.807, 2.05) is 76.2 Å². The molecule has 0 bridgehead atoms. The first-order chi connectivity index (χ1) is 30.0. The Hall–Kier alpha value is -8.88. The molecule has 32 heteroatoms. The molecule has 4 aromatic carbocycles. The van der Waals surface area contributed by atoms with E-state index >= 15 is 0 Å². The summed E-state index contributed by atoms with van der Waals surface area (Å²) >= 11 is 0. The minimum atomic E-state index is -2.19. The van der Waals surface area contributed by atoms with Gasteiger partial charge in [-0.25, -0.2) is 39.9 Å². The van der Waals surface area contributed by atoms with Crippen molar-refractivity contribution in [3.8, 4) is 0 Å². The van der Waals surface area contributed by atoms with Gasteiger partial charge in [-0.2, -0.15) is 0 Å². The van der Waals surface area contributed by atoms with Crippen molar-refractivity contribution in [2.45, 2.75) is 27.7 Å². The van der Waals surface area contributed by atoms with Crippen LogP contribution in [0.1, 0.15) is 23.3 Å². The van der Waals surface area contributed by atoms with Crippen molar-refractivity contribution in [3.63, 3.8) is 0 Å². The summed E-state index contributed by atoms with van der Waals surface area (Å²) in [7, 11) is 0. The zero-order chi connectivity index (χ0) is 48.5. The summed E-state index contributed by atoms with van der Waals surface area (Å²) in [6.45, 7) is 8.06. The molecule has 0 atom stereocenters. The quantitative estimate of drug-likeness (QED) is 0.102. The average molecular weight is 1100 g/mol. The van der Waals surface area contributed by atoms with Gasteiger partial charge in [0, 0.05) is 27.7 Å². The molecule has 0 saturated carbocycles. The number of aromatic amines is 8. The Morgan fingerprint density at radius 3 is 0.528 bits per heavy atom. The van der Waals surface area contributed by atoms with Gasteiger partial charge in [0.2, 0.25) is 23.3 Å². The molecule has 31 nitrogen and oxygen atoms in total. The SMILES string of the molecule is Cc1[nH]c2ccccc2[nH+]1.Cc1[nH]c2ccccc2[nH+]1.Cc1[nH]c2ccccc2[nH+]1.Cc1[nH]c2ccccc2[nH+]1.O.O.O.O.O.O.O.O=C([O-])C(=O)[O-].O=C([O-])C(=O)[O-].O=C([O-])C(=O)[O-].O=C([O-])C(=O)[O-].[Zr+4]. The van der Waals surface area contributed by atoms with Crippen LogP contribution in [0.4, 0.5) is 0 Å². The van der Waals surface area contributed by atoms with Crippen molar-refractivity contribution in [1.82, 2.24) is 19.9 Å². The van der Waals surface area contributed by atoms with Crippen LogP contribution in [0, 0.1) is 27.7 Å². The zero-order valence-electron chi connectivity index (χ0n) is 37.8. The van der Waals surface area contributed by atoms with Crippen molar-refractivity contribution in [3.05, 3.63) is 120 Å². The number of aryl methyl sites for hydroxylation is 4. The molecule has 4 heterocycles. The Morgan fingerprint density at radius 1 is 0.292 bits per heavy atom. The predicted molar refractivity (Wildman–Crippen MR) is 224 cm³/mol. The summed E-state index contributed by atoms with van der Waals surface area (Å²) in [5, 5.41) is 71.4. The zero-order valence-corrected chi connectivity index (χ0v) is 40.2. The van der Waals surface area contributed by atoms with Gasteiger partial charge >= 0.3 is 26.2 Å². The standard InChI is InChI=1S/4C8H8N2.4C2H2O4.7H2O.Zr/c4*1-6-9-7-4-2-3-5-8(7)10-6;4*3-1(4)2(5)6;;;;;;;;/h4*2-5H,1H3,(H,9,10);4*(H,3,4)(H,5,6);7*1H2;/q;;;;;;;;;;;;;;;+4/p-4. The third-order valence-corrected chi connectivity index (χ3v) is 6.95. The molecule has 0 aliphatic rings. The summed E-state index contributed by atoms with van der Waals surface area (Å²) in [6, 6.07) is 32.6. The monoisotopic (exact) mass is 1100 g/mol. The molecule has 0 spiro atoms. The second-order valence-corrected chi connectivity index (χ2v) is 12.0. The number of aromatic nitrogens is 8. The van der Waals surface area contributed by atoms with Crippen LogP contribution in [0.5, 0.6) is 0 Å². The second kappa shape index (κ2) is 41.1. The summed E-state index contributed by atoms with van der Waals surface area (Å²) in [4.78, 5) is 97.0. The third-order valence-electron chi connectivity index (χ3n) is 6.95. The van der Waals surface area contributed by atoms with Crippen molar-refractivity contribution in [2.24, 2.45) is 0 Å². The topological polar surface area (TPSA) is 661 Å². The van der Waals surface area contributed by atoms with Crippen LogP contribution in [0.3, 0.4) is 0 Å². The van der Waals surface area contributed by atoms with E-state index in [1.54, 1.807) is 0 Å². The van der Waals surface area contributed by atoms with Crippen LogP contribution >= 0.6 is 0 Å². The van der Waals surface area contributed by atoms with Crippen LogP contribution < -0.4 is 60.8 Å². The maximum atomic E-state index is 8.93. The largest absolute Gasteiger partial charge is 4.00 e. The van der Waals surface area contributed by atoms with Crippen molar-refractivity contribution >= 4 is 91.9 Å². The number of carbonyl (C=O) groups excluding carboxylic acids is 8. The number of H-pyrrole nitrogens is 8. The number of carbonyl (C=O) groups is 8. The van der Waals surface area contributed by atoms with Crippen LogP contribution in [0.2, 0.25) is 0 Å². The molecule has 72 heavy (non-hydrogen) atoms. The smallest absolute Gasteiger partial charge is 0.543 e. The maximum absolute atomic E-state index is 8.93. The number of hydrogen-bond donors (Lipinski definition) is 4. The minimum absolute atomic E-state index is 0. The van der Waals surface area contributed by atoms with Gasteiger partial charge in [0.1, 0.15) is 0 Å². The first-order valence-electron chi connectivity index (χ1n) is 17.6. The van der Waals surface area contributed by atoms with E-state index in [9.17, 15) is 0 Å². The van der Waals surface area contributed by atoms with Crippen LogP contribution in [0.15, 0.2) is 97.1 Å². The Kier molecular flexibility index (Phi) is 45.8. The molecule has 0 saturated heterocycles. The van der Waals surface area contributed by atoms with Crippen LogP contribution in [-0.4, -0.2) is 106 Å². The van der Waals surface area contributed by atoms with Gasteiger partial charge in [-0.3, -0.25) is 0 Å². The number of carboxylic acid groups (broad SMARTS) is 8. The van der Waals surface area contributed by atoms with Crippen LogP contribution in [-0.2, 0) is 64.6 Å². The Balaban J connectivity index is -0.000000108. The van der Waals surface area contributed by atoms with Gasteiger partial charge < -0.3 is 118 Å². The first-order valence-corrected chi connectivity index (χ1v) is 17.6. The fraction of sp³-hybridized carbons (Fsp3) is 0.100.